The Morgan fingerprint density at radius 3 is 2.64 bits per heavy atom. The van der Waals surface area contributed by atoms with Crippen molar-refractivity contribution in [1.29, 1.82) is 0 Å². The first-order chi connectivity index (χ1) is 6.62. The van der Waals surface area contributed by atoms with Gasteiger partial charge in [0.25, 0.3) is 0 Å². The van der Waals surface area contributed by atoms with E-state index in [-0.39, 0.29) is 5.54 Å². The molecule has 0 radical (unpaired) electrons. The molecule has 0 bridgehead atoms. The van der Waals surface area contributed by atoms with Gasteiger partial charge >= 0.3 is 0 Å². The summed E-state index contributed by atoms with van der Waals surface area (Å²) in [6, 6.07) is 8.60. The van der Waals surface area contributed by atoms with Gasteiger partial charge in [0, 0.05) is 5.54 Å². The van der Waals surface area contributed by atoms with E-state index >= 15 is 0 Å². The Bertz CT molecular complexity index is 332. The van der Waals surface area contributed by atoms with E-state index in [1.165, 1.54) is 17.5 Å². The average Bonchev–Trinajstić information content (AvgIpc) is 2.74. The highest BCUT2D eigenvalue weighted by atomic mass is 14.8. The van der Waals surface area contributed by atoms with Gasteiger partial charge in [0.15, 0.2) is 0 Å². The molecule has 1 aromatic carbocycles. The summed E-state index contributed by atoms with van der Waals surface area (Å²) in [5.41, 5.74) is 9.19. The lowest BCUT2D eigenvalue weighted by atomic mass is 9.99. The molecule has 0 spiro atoms. The standard InChI is InChI=1S/C13H19N/c1-10-5-3-4-6-12(10)7-8-13(14)9-11(13)2/h3-6,11H,7-9,14H2,1-2H3. The molecule has 2 unspecified atom stereocenters. The van der Waals surface area contributed by atoms with Gasteiger partial charge in [0.05, 0.1) is 0 Å². The molecule has 0 amide bonds. The highest BCUT2D eigenvalue weighted by Crippen LogP contribution is 2.43. The molecule has 0 aromatic heterocycles. The molecule has 0 heterocycles. The molecule has 1 saturated carbocycles. The van der Waals surface area contributed by atoms with Gasteiger partial charge in [0.1, 0.15) is 0 Å². The van der Waals surface area contributed by atoms with Crippen molar-refractivity contribution in [3.8, 4) is 0 Å². The average molecular weight is 189 g/mol. The van der Waals surface area contributed by atoms with Crippen LogP contribution in [0, 0.1) is 12.8 Å². The van der Waals surface area contributed by atoms with Gasteiger partial charge in [-0.3, -0.25) is 0 Å². The number of rotatable bonds is 3. The van der Waals surface area contributed by atoms with Crippen LogP contribution in [0.25, 0.3) is 0 Å². The van der Waals surface area contributed by atoms with Gasteiger partial charge in [-0.2, -0.15) is 0 Å². The molecule has 1 aliphatic carbocycles. The van der Waals surface area contributed by atoms with Crippen LogP contribution in [-0.4, -0.2) is 5.54 Å². The lowest BCUT2D eigenvalue weighted by Crippen LogP contribution is -2.25. The zero-order chi connectivity index (χ0) is 10.2. The summed E-state index contributed by atoms with van der Waals surface area (Å²) in [5, 5.41) is 0. The highest BCUT2D eigenvalue weighted by molar-refractivity contribution is 5.26. The Morgan fingerprint density at radius 2 is 2.07 bits per heavy atom. The molecule has 0 aliphatic heterocycles. The second-order valence-electron chi connectivity index (χ2n) is 4.76. The molecule has 2 rings (SSSR count). The fraction of sp³-hybridized carbons (Fsp3) is 0.538. The van der Waals surface area contributed by atoms with Crippen LogP contribution in [0.1, 0.15) is 30.9 Å². The molecule has 2 N–H and O–H groups in total. The zero-order valence-corrected chi connectivity index (χ0v) is 9.09. The molecule has 76 valence electrons. The molecule has 1 aliphatic rings. The van der Waals surface area contributed by atoms with Crippen LogP contribution in [0.4, 0.5) is 0 Å². The summed E-state index contributed by atoms with van der Waals surface area (Å²) in [6.45, 7) is 4.42. The monoisotopic (exact) mass is 189 g/mol. The predicted molar refractivity (Wildman–Crippen MR) is 60.2 cm³/mol. The van der Waals surface area contributed by atoms with Gasteiger partial charge in [-0.05, 0) is 43.2 Å². The van der Waals surface area contributed by atoms with Crippen LogP contribution in [0.5, 0.6) is 0 Å². The lowest BCUT2D eigenvalue weighted by molar-refractivity contribution is 0.564. The summed E-state index contributed by atoms with van der Waals surface area (Å²) in [5.74, 6) is 0.728. The van der Waals surface area contributed by atoms with Crippen LogP contribution in [0.2, 0.25) is 0 Å². The Hall–Kier alpha value is -0.820. The van der Waals surface area contributed by atoms with E-state index in [1.54, 1.807) is 0 Å². The lowest BCUT2D eigenvalue weighted by Gasteiger charge is -2.11. The van der Waals surface area contributed by atoms with Crippen molar-refractivity contribution in [2.45, 2.75) is 38.6 Å². The molecule has 2 atom stereocenters. The topological polar surface area (TPSA) is 26.0 Å². The Morgan fingerprint density at radius 1 is 1.43 bits per heavy atom. The first-order valence-electron chi connectivity index (χ1n) is 5.45. The number of benzene rings is 1. The molecule has 1 aromatic rings. The van der Waals surface area contributed by atoms with Crippen LogP contribution in [-0.2, 0) is 6.42 Å². The second kappa shape index (κ2) is 3.39. The third-order valence-electron chi connectivity index (χ3n) is 3.63. The van der Waals surface area contributed by atoms with Crippen LogP contribution in [0.15, 0.2) is 24.3 Å². The molecule has 14 heavy (non-hydrogen) atoms. The molecular weight excluding hydrogens is 170 g/mol. The summed E-state index contributed by atoms with van der Waals surface area (Å²) < 4.78 is 0. The third-order valence-corrected chi connectivity index (χ3v) is 3.63. The number of aryl methyl sites for hydroxylation is 2. The van der Waals surface area contributed by atoms with Gasteiger partial charge < -0.3 is 5.73 Å². The minimum Gasteiger partial charge on any atom is -0.325 e. The third kappa shape index (κ3) is 1.83. The van der Waals surface area contributed by atoms with E-state index in [1.807, 2.05) is 0 Å². The quantitative estimate of drug-likeness (QED) is 0.777. The van der Waals surface area contributed by atoms with Gasteiger partial charge in [0.2, 0.25) is 0 Å². The van der Waals surface area contributed by atoms with Gasteiger partial charge in [-0.15, -0.1) is 0 Å². The van der Waals surface area contributed by atoms with E-state index in [9.17, 15) is 0 Å². The number of nitrogens with two attached hydrogens (primary N) is 1. The van der Waals surface area contributed by atoms with Crippen molar-refractivity contribution in [3.63, 3.8) is 0 Å². The van der Waals surface area contributed by atoms with E-state index < -0.39 is 0 Å². The van der Waals surface area contributed by atoms with Crippen molar-refractivity contribution in [2.75, 3.05) is 0 Å². The minimum absolute atomic E-state index is 0.155. The maximum absolute atomic E-state index is 6.19. The first kappa shape index (κ1) is 9.72. The van der Waals surface area contributed by atoms with Crippen molar-refractivity contribution >= 4 is 0 Å². The normalized spacial score (nSPS) is 30.4. The summed E-state index contributed by atoms with van der Waals surface area (Å²) >= 11 is 0. The van der Waals surface area contributed by atoms with Crippen molar-refractivity contribution < 1.29 is 0 Å². The fourth-order valence-corrected chi connectivity index (χ4v) is 2.12. The fourth-order valence-electron chi connectivity index (χ4n) is 2.12. The molecule has 1 nitrogen and oxygen atoms in total. The van der Waals surface area contributed by atoms with Gasteiger partial charge in [-0.1, -0.05) is 31.2 Å². The maximum atomic E-state index is 6.19. The van der Waals surface area contributed by atoms with E-state index in [4.69, 9.17) is 5.73 Å². The second-order valence-corrected chi connectivity index (χ2v) is 4.76. The van der Waals surface area contributed by atoms with E-state index in [2.05, 4.69) is 38.1 Å². The van der Waals surface area contributed by atoms with Gasteiger partial charge in [-0.25, -0.2) is 0 Å². The van der Waals surface area contributed by atoms with E-state index in [0.717, 1.165) is 18.8 Å². The van der Waals surface area contributed by atoms with Crippen LogP contribution < -0.4 is 5.73 Å². The predicted octanol–water partition coefficient (Wildman–Crippen LogP) is 2.66. The smallest absolute Gasteiger partial charge is 0.0187 e. The van der Waals surface area contributed by atoms with Crippen LogP contribution in [0.3, 0.4) is 0 Å². The van der Waals surface area contributed by atoms with Crippen molar-refractivity contribution in [3.05, 3.63) is 35.4 Å². The summed E-state index contributed by atoms with van der Waals surface area (Å²) in [7, 11) is 0. The zero-order valence-electron chi connectivity index (χ0n) is 9.09. The van der Waals surface area contributed by atoms with Crippen molar-refractivity contribution in [2.24, 2.45) is 11.7 Å². The Labute approximate surface area is 86.3 Å². The minimum atomic E-state index is 0.155. The SMILES string of the molecule is Cc1ccccc1CCC1(N)CC1C. The van der Waals surface area contributed by atoms with Crippen molar-refractivity contribution in [1.82, 2.24) is 0 Å². The molecular formula is C13H19N. The molecule has 1 fully saturated rings. The van der Waals surface area contributed by atoms with Crippen LogP contribution >= 0.6 is 0 Å². The molecule has 0 saturated heterocycles. The van der Waals surface area contributed by atoms with E-state index in [0.29, 0.717) is 0 Å². The Balaban J connectivity index is 1.96. The first-order valence-corrected chi connectivity index (χ1v) is 5.45. The summed E-state index contributed by atoms with van der Waals surface area (Å²) in [6.07, 6.45) is 3.48. The number of hydrogen-bond donors (Lipinski definition) is 1. The highest BCUT2D eigenvalue weighted by Gasteiger charge is 2.46. The largest absolute Gasteiger partial charge is 0.325 e. The summed E-state index contributed by atoms with van der Waals surface area (Å²) in [4.78, 5) is 0. The Kier molecular flexibility index (Phi) is 2.36. The molecule has 1 heteroatoms. The number of hydrogen-bond acceptors (Lipinski definition) is 1. The maximum Gasteiger partial charge on any atom is 0.0187 e.